The van der Waals surface area contributed by atoms with Gasteiger partial charge in [-0.05, 0) is 35.7 Å². The molecule has 0 saturated carbocycles. The van der Waals surface area contributed by atoms with Gasteiger partial charge in [-0.2, -0.15) is 0 Å². The van der Waals surface area contributed by atoms with E-state index in [1.807, 2.05) is 0 Å². The van der Waals surface area contributed by atoms with Gasteiger partial charge in [0.1, 0.15) is 11.5 Å². The third kappa shape index (κ3) is 2.94. The van der Waals surface area contributed by atoms with E-state index in [0.29, 0.717) is 22.4 Å². The molecule has 0 saturated heterocycles. The number of fused-ring (bicyclic) bond motifs is 1. The van der Waals surface area contributed by atoms with Crippen LogP contribution >= 0.6 is 0 Å². The van der Waals surface area contributed by atoms with Crippen LogP contribution in [0.4, 0.5) is 0 Å². The number of ether oxygens (including phenoxy) is 1. The first-order valence-electron chi connectivity index (χ1n) is 7.67. The van der Waals surface area contributed by atoms with Crippen molar-refractivity contribution in [1.29, 1.82) is 0 Å². The van der Waals surface area contributed by atoms with E-state index in [1.54, 1.807) is 56.7 Å². The average molecular weight is 338 g/mol. The molecule has 0 fully saturated rings. The van der Waals surface area contributed by atoms with Crippen LogP contribution < -0.4 is 10.3 Å². The molecule has 1 heterocycles. The Morgan fingerprint density at radius 2 is 1.92 bits per heavy atom. The molecule has 0 aliphatic heterocycles. The van der Waals surface area contributed by atoms with Crippen molar-refractivity contribution in [2.45, 2.75) is 0 Å². The van der Waals surface area contributed by atoms with Crippen molar-refractivity contribution in [3.05, 3.63) is 64.6 Å². The molecule has 6 nitrogen and oxygen atoms in total. The molecule has 6 heteroatoms. The van der Waals surface area contributed by atoms with Crippen molar-refractivity contribution in [3.63, 3.8) is 0 Å². The maximum absolute atomic E-state index is 12.8. The van der Waals surface area contributed by atoms with Gasteiger partial charge in [0.15, 0.2) is 0 Å². The zero-order chi connectivity index (χ0) is 18.1. The van der Waals surface area contributed by atoms with Gasteiger partial charge in [0.05, 0.1) is 12.5 Å². The SMILES string of the molecule is COc1cc(O)c2c(=O)n(-c3cccc(C(=O)N(C)C)c3)ccc2c1. The van der Waals surface area contributed by atoms with E-state index in [4.69, 9.17) is 4.74 Å². The predicted molar refractivity (Wildman–Crippen MR) is 95.8 cm³/mol. The fraction of sp³-hybridized carbons (Fsp3) is 0.158. The first-order valence-corrected chi connectivity index (χ1v) is 7.67. The number of methoxy groups -OCH3 is 1. The Morgan fingerprint density at radius 3 is 2.60 bits per heavy atom. The minimum Gasteiger partial charge on any atom is -0.507 e. The van der Waals surface area contributed by atoms with Crippen LogP contribution in [0.5, 0.6) is 11.5 Å². The Bertz CT molecular complexity index is 1020. The molecule has 1 amide bonds. The highest BCUT2D eigenvalue weighted by Gasteiger charge is 2.13. The highest BCUT2D eigenvalue weighted by atomic mass is 16.5. The van der Waals surface area contributed by atoms with Crippen LogP contribution in [-0.2, 0) is 0 Å². The predicted octanol–water partition coefficient (Wildman–Crippen LogP) is 2.41. The molecule has 2 aromatic carbocycles. The Hall–Kier alpha value is -3.28. The minimum absolute atomic E-state index is 0.144. The number of pyridine rings is 1. The van der Waals surface area contributed by atoms with Crippen molar-refractivity contribution in [2.24, 2.45) is 0 Å². The number of phenolic OH excluding ortho intramolecular Hbond substituents is 1. The Labute approximate surface area is 144 Å². The second-order valence-electron chi connectivity index (χ2n) is 5.85. The summed E-state index contributed by atoms with van der Waals surface area (Å²) >= 11 is 0. The third-order valence-corrected chi connectivity index (χ3v) is 3.97. The van der Waals surface area contributed by atoms with Crippen LogP contribution in [0.15, 0.2) is 53.5 Å². The summed E-state index contributed by atoms with van der Waals surface area (Å²) in [5.74, 6) is 0.179. The number of rotatable bonds is 3. The lowest BCUT2D eigenvalue weighted by Gasteiger charge is -2.13. The summed E-state index contributed by atoms with van der Waals surface area (Å²) in [5, 5.41) is 11.0. The molecule has 0 atom stereocenters. The van der Waals surface area contributed by atoms with Crippen LogP contribution in [0.3, 0.4) is 0 Å². The lowest BCUT2D eigenvalue weighted by atomic mass is 10.1. The molecule has 1 aromatic heterocycles. The topological polar surface area (TPSA) is 71.8 Å². The highest BCUT2D eigenvalue weighted by Crippen LogP contribution is 2.28. The lowest BCUT2D eigenvalue weighted by Crippen LogP contribution is -2.22. The van der Waals surface area contributed by atoms with Crippen LogP contribution in [0.1, 0.15) is 10.4 Å². The van der Waals surface area contributed by atoms with Crippen LogP contribution in [0.25, 0.3) is 16.5 Å². The summed E-state index contributed by atoms with van der Waals surface area (Å²) < 4.78 is 6.52. The molecule has 1 N–H and O–H groups in total. The first kappa shape index (κ1) is 16.6. The molecule has 0 radical (unpaired) electrons. The number of carbonyl (C=O) groups excluding carboxylic acids is 1. The van der Waals surface area contributed by atoms with E-state index < -0.39 is 0 Å². The van der Waals surface area contributed by atoms with E-state index >= 15 is 0 Å². The maximum atomic E-state index is 12.8. The molecule has 0 aliphatic carbocycles. The Balaban J connectivity index is 2.19. The van der Waals surface area contributed by atoms with Gasteiger partial charge in [-0.3, -0.25) is 14.2 Å². The molecule has 3 aromatic rings. The smallest absolute Gasteiger partial charge is 0.266 e. The molecule has 0 aliphatic rings. The number of aromatic hydroxyl groups is 1. The molecule has 25 heavy (non-hydrogen) atoms. The van der Waals surface area contributed by atoms with Crippen molar-refractivity contribution >= 4 is 16.7 Å². The molecule has 128 valence electrons. The molecular weight excluding hydrogens is 320 g/mol. The van der Waals surface area contributed by atoms with E-state index in [0.717, 1.165) is 0 Å². The largest absolute Gasteiger partial charge is 0.507 e. The van der Waals surface area contributed by atoms with E-state index in [9.17, 15) is 14.7 Å². The monoisotopic (exact) mass is 338 g/mol. The molecule has 3 rings (SSSR count). The van der Waals surface area contributed by atoms with Gasteiger partial charge < -0.3 is 14.7 Å². The van der Waals surface area contributed by atoms with Gasteiger partial charge in [0.2, 0.25) is 0 Å². The molecule has 0 spiro atoms. The second kappa shape index (κ2) is 6.32. The van der Waals surface area contributed by atoms with Crippen LogP contribution in [-0.4, -0.2) is 41.7 Å². The standard InChI is InChI=1S/C19H18N2O4/c1-20(2)18(23)13-5-4-6-14(9-13)21-8-7-12-10-15(25-3)11-16(22)17(12)19(21)24/h4-11,22H,1-3H3. The number of amides is 1. The number of benzene rings is 2. The van der Waals surface area contributed by atoms with Crippen molar-refractivity contribution in [3.8, 4) is 17.2 Å². The van der Waals surface area contributed by atoms with Gasteiger partial charge in [-0.25, -0.2) is 0 Å². The number of hydrogen-bond acceptors (Lipinski definition) is 4. The number of phenols is 1. The fourth-order valence-electron chi connectivity index (χ4n) is 2.70. The maximum Gasteiger partial charge on any atom is 0.266 e. The highest BCUT2D eigenvalue weighted by molar-refractivity contribution is 5.94. The van der Waals surface area contributed by atoms with Gasteiger partial charge in [-0.15, -0.1) is 0 Å². The first-order chi connectivity index (χ1) is 11.9. The van der Waals surface area contributed by atoms with Crippen molar-refractivity contribution < 1.29 is 14.6 Å². The van der Waals surface area contributed by atoms with Gasteiger partial charge in [0.25, 0.3) is 11.5 Å². The normalized spacial score (nSPS) is 10.7. The number of carbonyl (C=O) groups is 1. The number of nitrogens with zero attached hydrogens (tertiary/aromatic N) is 2. The summed E-state index contributed by atoms with van der Waals surface area (Å²) in [7, 11) is 4.83. The lowest BCUT2D eigenvalue weighted by molar-refractivity contribution is 0.0827. The zero-order valence-corrected chi connectivity index (χ0v) is 14.2. The number of aromatic nitrogens is 1. The quantitative estimate of drug-likeness (QED) is 0.796. The van der Waals surface area contributed by atoms with E-state index in [-0.39, 0.29) is 22.6 Å². The Kier molecular flexibility index (Phi) is 4.19. The van der Waals surface area contributed by atoms with Crippen LogP contribution in [0.2, 0.25) is 0 Å². The van der Waals surface area contributed by atoms with Gasteiger partial charge in [0, 0.05) is 37.6 Å². The summed E-state index contributed by atoms with van der Waals surface area (Å²) in [6, 6.07) is 11.6. The number of hydrogen-bond donors (Lipinski definition) is 1. The summed E-state index contributed by atoms with van der Waals surface area (Å²) in [5.41, 5.74) is 0.662. The van der Waals surface area contributed by atoms with Crippen molar-refractivity contribution in [1.82, 2.24) is 9.47 Å². The van der Waals surface area contributed by atoms with E-state index in [2.05, 4.69) is 0 Å². The molecule has 0 unspecified atom stereocenters. The van der Waals surface area contributed by atoms with E-state index in [1.165, 1.54) is 22.6 Å². The minimum atomic E-state index is -0.368. The molecule has 0 bridgehead atoms. The second-order valence-corrected chi connectivity index (χ2v) is 5.85. The summed E-state index contributed by atoms with van der Waals surface area (Å²) in [4.78, 5) is 26.4. The summed E-state index contributed by atoms with van der Waals surface area (Å²) in [6.07, 6.45) is 1.61. The zero-order valence-electron chi connectivity index (χ0n) is 14.2. The average Bonchev–Trinajstić information content (AvgIpc) is 2.60. The molecular formula is C19H18N2O4. The van der Waals surface area contributed by atoms with Gasteiger partial charge >= 0.3 is 0 Å². The Morgan fingerprint density at radius 1 is 1.16 bits per heavy atom. The van der Waals surface area contributed by atoms with Crippen molar-refractivity contribution in [2.75, 3.05) is 21.2 Å². The van der Waals surface area contributed by atoms with Crippen LogP contribution in [0, 0.1) is 0 Å². The third-order valence-electron chi connectivity index (χ3n) is 3.97. The fourth-order valence-corrected chi connectivity index (χ4v) is 2.70. The summed E-state index contributed by atoms with van der Waals surface area (Å²) in [6.45, 7) is 0. The van der Waals surface area contributed by atoms with Gasteiger partial charge in [-0.1, -0.05) is 6.07 Å².